The molecule has 0 unspecified atom stereocenters. The summed E-state index contributed by atoms with van der Waals surface area (Å²) in [4.78, 5) is 32.8. The number of rotatable bonds is 8. The number of hydrogen-bond donors (Lipinski definition) is 1. The molecule has 0 radical (unpaired) electrons. The average Bonchev–Trinajstić information content (AvgIpc) is 3.15. The molecule has 2 aromatic heterocycles. The molecule has 0 amide bonds. The van der Waals surface area contributed by atoms with Gasteiger partial charge in [-0.05, 0) is 45.4 Å². The zero-order chi connectivity index (χ0) is 20.4. The Kier molecular flexibility index (Phi) is 6.05. The number of aryl methyl sites for hydroxylation is 1. The zero-order valence-electron chi connectivity index (χ0n) is 16.8. The number of ether oxygens (including phenoxy) is 1. The number of para-hydroxylation sites is 2. The standard InChI is InChI=1S/C21H25N3O3S/c1-12-18(14(3)25)13(2)22-19(12)20(26)15(4)28-21-23-16-8-6-7-9-17(16)24(21)10-11-27-5/h6-9,15,22H,10-11H2,1-5H3/t15-/m0/s1. The first kappa shape index (κ1) is 20.4. The van der Waals surface area contributed by atoms with Crippen molar-refractivity contribution in [1.29, 1.82) is 0 Å². The summed E-state index contributed by atoms with van der Waals surface area (Å²) in [6, 6.07) is 7.91. The van der Waals surface area contributed by atoms with Crippen molar-refractivity contribution < 1.29 is 14.3 Å². The SMILES string of the molecule is COCCn1c(S[C@@H](C)C(=O)c2[nH]c(C)c(C(C)=O)c2C)nc2ccccc21. The van der Waals surface area contributed by atoms with E-state index in [0.29, 0.717) is 24.4 Å². The maximum absolute atomic E-state index is 13.1. The minimum atomic E-state index is -0.352. The van der Waals surface area contributed by atoms with Gasteiger partial charge in [0.15, 0.2) is 16.7 Å². The van der Waals surface area contributed by atoms with Crippen LogP contribution in [0.2, 0.25) is 0 Å². The largest absolute Gasteiger partial charge is 0.383 e. The van der Waals surface area contributed by atoms with E-state index in [1.807, 2.05) is 45.0 Å². The van der Waals surface area contributed by atoms with E-state index in [0.717, 1.165) is 27.4 Å². The molecule has 6 nitrogen and oxygen atoms in total. The lowest BCUT2D eigenvalue weighted by molar-refractivity contribution is 0.0988. The molecule has 1 aromatic carbocycles. The number of ketones is 2. The lowest BCUT2D eigenvalue weighted by Crippen LogP contribution is -2.17. The van der Waals surface area contributed by atoms with Crippen molar-refractivity contribution >= 4 is 34.4 Å². The van der Waals surface area contributed by atoms with E-state index >= 15 is 0 Å². The van der Waals surface area contributed by atoms with Crippen molar-refractivity contribution in [3.63, 3.8) is 0 Å². The van der Waals surface area contributed by atoms with Crippen molar-refractivity contribution in [2.75, 3.05) is 13.7 Å². The van der Waals surface area contributed by atoms with Gasteiger partial charge in [0.05, 0.1) is 28.6 Å². The smallest absolute Gasteiger partial charge is 0.192 e. The third-order valence-electron chi connectivity index (χ3n) is 4.83. The second-order valence-corrected chi connectivity index (χ2v) is 8.14. The molecule has 1 atom stereocenters. The van der Waals surface area contributed by atoms with Crippen LogP contribution >= 0.6 is 11.8 Å². The third kappa shape index (κ3) is 3.77. The predicted octanol–water partition coefficient (Wildman–Crippen LogP) is 4.19. The fraction of sp³-hybridized carbons (Fsp3) is 0.381. The molecule has 28 heavy (non-hydrogen) atoms. The molecule has 0 aliphatic carbocycles. The highest BCUT2D eigenvalue weighted by Gasteiger charge is 2.26. The molecule has 0 saturated carbocycles. The lowest BCUT2D eigenvalue weighted by Gasteiger charge is -2.12. The van der Waals surface area contributed by atoms with E-state index in [4.69, 9.17) is 9.72 Å². The molecule has 1 N–H and O–H groups in total. The minimum Gasteiger partial charge on any atom is -0.383 e. The number of methoxy groups -OCH3 is 1. The van der Waals surface area contributed by atoms with Crippen LogP contribution in [0.3, 0.4) is 0 Å². The molecule has 0 saturated heterocycles. The van der Waals surface area contributed by atoms with E-state index in [9.17, 15) is 9.59 Å². The molecule has 0 bridgehead atoms. The number of carbonyl (C=O) groups excluding carboxylic acids is 2. The number of H-pyrrole nitrogens is 1. The van der Waals surface area contributed by atoms with Gasteiger partial charge in [0, 0.05) is 24.9 Å². The number of fused-ring (bicyclic) bond motifs is 1. The number of hydrogen-bond acceptors (Lipinski definition) is 5. The molecule has 3 aromatic rings. The molecule has 0 spiro atoms. The summed E-state index contributed by atoms with van der Waals surface area (Å²) in [5, 5.41) is 0.432. The van der Waals surface area contributed by atoms with Crippen LogP contribution in [-0.4, -0.2) is 45.1 Å². The number of nitrogens with zero attached hydrogens (tertiary/aromatic N) is 2. The normalized spacial score (nSPS) is 12.5. The van der Waals surface area contributed by atoms with Gasteiger partial charge >= 0.3 is 0 Å². The van der Waals surface area contributed by atoms with Gasteiger partial charge in [-0.3, -0.25) is 9.59 Å². The molecule has 3 rings (SSSR count). The van der Waals surface area contributed by atoms with Crippen molar-refractivity contribution in [3.05, 3.63) is 46.8 Å². The average molecular weight is 400 g/mol. The monoisotopic (exact) mass is 399 g/mol. The second kappa shape index (κ2) is 8.32. The van der Waals surface area contributed by atoms with Crippen LogP contribution in [0.15, 0.2) is 29.4 Å². The third-order valence-corrected chi connectivity index (χ3v) is 5.92. The molecular weight excluding hydrogens is 374 g/mol. The molecule has 7 heteroatoms. The molecule has 2 heterocycles. The number of aromatic nitrogens is 3. The van der Waals surface area contributed by atoms with Crippen LogP contribution in [0.4, 0.5) is 0 Å². The quantitative estimate of drug-likeness (QED) is 0.454. The van der Waals surface area contributed by atoms with Gasteiger partial charge in [-0.15, -0.1) is 0 Å². The van der Waals surface area contributed by atoms with Crippen LogP contribution in [0.25, 0.3) is 11.0 Å². The van der Waals surface area contributed by atoms with Crippen LogP contribution in [-0.2, 0) is 11.3 Å². The lowest BCUT2D eigenvalue weighted by atomic mass is 10.0. The van der Waals surface area contributed by atoms with Crippen LogP contribution in [0.1, 0.15) is 46.0 Å². The van der Waals surface area contributed by atoms with E-state index in [1.54, 1.807) is 7.11 Å². The summed E-state index contributed by atoms with van der Waals surface area (Å²) in [5.41, 5.74) is 4.47. The zero-order valence-corrected chi connectivity index (χ0v) is 17.6. The molecule has 0 fully saturated rings. The number of nitrogens with one attached hydrogen (secondary N) is 1. The van der Waals surface area contributed by atoms with Gasteiger partial charge in [0.2, 0.25) is 0 Å². The van der Waals surface area contributed by atoms with Gasteiger partial charge in [0.25, 0.3) is 0 Å². The summed E-state index contributed by atoms with van der Waals surface area (Å²) in [5.74, 6) is -0.0737. The summed E-state index contributed by atoms with van der Waals surface area (Å²) in [6.45, 7) is 8.26. The van der Waals surface area contributed by atoms with Gasteiger partial charge in [-0.25, -0.2) is 4.98 Å². The van der Waals surface area contributed by atoms with Gasteiger partial charge in [-0.1, -0.05) is 23.9 Å². The predicted molar refractivity (Wildman–Crippen MR) is 112 cm³/mol. The number of carbonyl (C=O) groups is 2. The first-order valence-corrected chi connectivity index (χ1v) is 10.1. The summed E-state index contributed by atoms with van der Waals surface area (Å²) in [6.07, 6.45) is 0. The van der Waals surface area contributed by atoms with Gasteiger partial charge in [0.1, 0.15) is 0 Å². The van der Waals surface area contributed by atoms with Crippen LogP contribution in [0, 0.1) is 13.8 Å². The highest BCUT2D eigenvalue weighted by molar-refractivity contribution is 8.00. The van der Waals surface area contributed by atoms with E-state index in [1.165, 1.54) is 18.7 Å². The minimum absolute atomic E-state index is 0.0352. The Hall–Kier alpha value is -2.38. The maximum atomic E-state index is 13.1. The number of aromatic amines is 1. The fourth-order valence-electron chi connectivity index (χ4n) is 3.48. The number of imidazole rings is 1. The highest BCUT2D eigenvalue weighted by Crippen LogP contribution is 2.30. The van der Waals surface area contributed by atoms with Crippen molar-refractivity contribution in [2.45, 2.75) is 44.6 Å². The van der Waals surface area contributed by atoms with E-state index in [-0.39, 0.29) is 16.8 Å². The van der Waals surface area contributed by atoms with Crippen LogP contribution < -0.4 is 0 Å². The Morgan fingerprint density at radius 1 is 1.29 bits per heavy atom. The van der Waals surface area contributed by atoms with Crippen molar-refractivity contribution in [3.8, 4) is 0 Å². The summed E-state index contributed by atoms with van der Waals surface area (Å²) in [7, 11) is 1.67. The van der Waals surface area contributed by atoms with Crippen molar-refractivity contribution in [2.24, 2.45) is 0 Å². The summed E-state index contributed by atoms with van der Waals surface area (Å²) < 4.78 is 7.32. The second-order valence-electron chi connectivity index (χ2n) is 6.83. The maximum Gasteiger partial charge on any atom is 0.192 e. The molecule has 0 aliphatic heterocycles. The van der Waals surface area contributed by atoms with Gasteiger partial charge in [-0.2, -0.15) is 0 Å². The Morgan fingerprint density at radius 2 is 2.00 bits per heavy atom. The van der Waals surface area contributed by atoms with Crippen LogP contribution in [0.5, 0.6) is 0 Å². The van der Waals surface area contributed by atoms with E-state index < -0.39 is 0 Å². The Bertz CT molecular complexity index is 1040. The Labute approximate surface area is 168 Å². The number of thioether (sulfide) groups is 1. The molecule has 0 aliphatic rings. The van der Waals surface area contributed by atoms with Crippen molar-refractivity contribution in [1.82, 2.24) is 14.5 Å². The van der Waals surface area contributed by atoms with Gasteiger partial charge < -0.3 is 14.3 Å². The molecule has 148 valence electrons. The Morgan fingerprint density at radius 3 is 2.64 bits per heavy atom. The number of benzene rings is 1. The fourth-order valence-corrected chi connectivity index (χ4v) is 4.49. The topological polar surface area (TPSA) is 77.0 Å². The first-order chi connectivity index (χ1) is 13.3. The first-order valence-electron chi connectivity index (χ1n) is 9.20. The summed E-state index contributed by atoms with van der Waals surface area (Å²) >= 11 is 1.42. The highest BCUT2D eigenvalue weighted by atomic mass is 32.2. The number of Topliss-reactive ketones (excluding diaryl/α,β-unsaturated/α-hetero) is 2. The Balaban J connectivity index is 1.91. The molecular formula is C21H25N3O3S. The van der Waals surface area contributed by atoms with E-state index in [2.05, 4.69) is 9.55 Å².